The van der Waals surface area contributed by atoms with Crippen LogP contribution in [0.1, 0.15) is 35.8 Å². The highest BCUT2D eigenvalue weighted by molar-refractivity contribution is 6.31. The van der Waals surface area contributed by atoms with Gasteiger partial charge in [-0.05, 0) is 29.5 Å². The number of hydrogen-bond acceptors (Lipinski definition) is 6. The molecule has 33 heavy (non-hydrogen) atoms. The minimum Gasteiger partial charge on any atom is -0.383 e. The predicted octanol–water partition coefficient (Wildman–Crippen LogP) is 4.08. The number of carbonyl (C=O) groups is 1. The molecule has 2 N–H and O–H groups in total. The standard InChI is InChI=1S/C26H25ClN4O2/c27-21-9-5-4-8-19(21)24-20(16-28)26(29)31(30-10-12-33-13-11-30)22-14-18(15-23(32)25(22)24)17-6-2-1-3-7-17/h1-9,18,24H,10-15,29H2/t18-,24-/m0/s1. The van der Waals surface area contributed by atoms with Crippen molar-refractivity contribution in [3.63, 3.8) is 0 Å². The van der Waals surface area contributed by atoms with Gasteiger partial charge in [0, 0.05) is 35.8 Å². The van der Waals surface area contributed by atoms with Gasteiger partial charge < -0.3 is 10.5 Å². The average molecular weight is 461 g/mol. The molecule has 0 unspecified atom stereocenters. The Labute approximate surface area is 198 Å². The molecule has 1 aliphatic carbocycles. The number of ketones is 1. The van der Waals surface area contributed by atoms with Gasteiger partial charge in [-0.3, -0.25) is 9.80 Å². The maximum absolute atomic E-state index is 13.8. The maximum Gasteiger partial charge on any atom is 0.162 e. The molecule has 2 aromatic rings. The van der Waals surface area contributed by atoms with E-state index in [0.717, 1.165) is 16.8 Å². The molecule has 5 rings (SSSR count). The molecule has 0 aromatic heterocycles. The minimum atomic E-state index is -0.569. The second-order valence-corrected chi connectivity index (χ2v) is 8.95. The Balaban J connectivity index is 1.69. The highest BCUT2D eigenvalue weighted by atomic mass is 35.5. The third-order valence-corrected chi connectivity index (χ3v) is 7.04. The van der Waals surface area contributed by atoms with E-state index in [9.17, 15) is 10.1 Å². The van der Waals surface area contributed by atoms with Crippen LogP contribution < -0.4 is 5.73 Å². The fourth-order valence-corrected chi connectivity index (χ4v) is 5.41. The van der Waals surface area contributed by atoms with Crippen LogP contribution in [-0.2, 0) is 9.53 Å². The molecular formula is C26H25ClN4O2. The first-order chi connectivity index (χ1) is 16.1. The van der Waals surface area contributed by atoms with E-state index >= 15 is 0 Å². The number of Topliss-reactive ketones (excluding diaryl/α,β-unsaturated/α-hetero) is 1. The number of allylic oxidation sites excluding steroid dienone is 3. The highest BCUT2D eigenvalue weighted by Gasteiger charge is 2.44. The Morgan fingerprint density at radius 2 is 1.73 bits per heavy atom. The first-order valence-electron chi connectivity index (χ1n) is 11.2. The zero-order valence-corrected chi connectivity index (χ0v) is 19.0. The maximum atomic E-state index is 13.8. The molecule has 0 amide bonds. The van der Waals surface area contributed by atoms with Crippen LogP contribution in [0, 0.1) is 11.3 Å². The summed E-state index contributed by atoms with van der Waals surface area (Å²) in [7, 11) is 0. The van der Waals surface area contributed by atoms with Crippen LogP contribution in [-0.4, -0.2) is 42.1 Å². The van der Waals surface area contributed by atoms with Crippen LogP contribution in [0.15, 0.2) is 77.3 Å². The van der Waals surface area contributed by atoms with Crippen LogP contribution in [0.2, 0.25) is 5.02 Å². The number of nitrogens with two attached hydrogens (primary N) is 1. The number of hydrogen-bond donors (Lipinski definition) is 1. The number of nitrogens with zero attached hydrogens (tertiary/aromatic N) is 3. The monoisotopic (exact) mass is 460 g/mol. The summed E-state index contributed by atoms with van der Waals surface area (Å²) < 4.78 is 5.54. The largest absolute Gasteiger partial charge is 0.383 e. The number of rotatable bonds is 3. The average Bonchev–Trinajstić information content (AvgIpc) is 2.85. The van der Waals surface area contributed by atoms with Gasteiger partial charge >= 0.3 is 0 Å². The lowest BCUT2D eigenvalue weighted by Crippen LogP contribution is -2.52. The summed E-state index contributed by atoms with van der Waals surface area (Å²) >= 11 is 6.57. The number of nitriles is 1. The Hall–Kier alpha value is -3.11. The molecule has 2 atom stereocenters. The fraction of sp³-hybridized carbons (Fsp3) is 0.308. The van der Waals surface area contributed by atoms with Crippen LogP contribution in [0.25, 0.3) is 0 Å². The summed E-state index contributed by atoms with van der Waals surface area (Å²) in [5, 5.41) is 14.7. The molecule has 7 heteroatoms. The van der Waals surface area contributed by atoms with Crippen molar-refractivity contribution in [3.05, 3.63) is 93.4 Å². The summed E-state index contributed by atoms with van der Waals surface area (Å²) in [5.41, 5.74) is 10.4. The zero-order valence-electron chi connectivity index (χ0n) is 18.2. The second-order valence-electron chi connectivity index (χ2n) is 8.54. The Morgan fingerprint density at radius 3 is 2.42 bits per heavy atom. The fourth-order valence-electron chi connectivity index (χ4n) is 5.17. The number of benzene rings is 2. The lowest BCUT2D eigenvalue weighted by atomic mass is 9.72. The number of hydrazine groups is 1. The molecular weight excluding hydrogens is 436 g/mol. The minimum absolute atomic E-state index is 0.0357. The molecule has 3 aliphatic rings. The van der Waals surface area contributed by atoms with Gasteiger partial charge in [0.1, 0.15) is 5.82 Å². The molecule has 0 saturated carbocycles. The second kappa shape index (κ2) is 9.03. The van der Waals surface area contributed by atoms with E-state index in [-0.39, 0.29) is 11.7 Å². The quantitative estimate of drug-likeness (QED) is 0.743. The number of morpholine rings is 1. The molecule has 6 nitrogen and oxygen atoms in total. The first-order valence-corrected chi connectivity index (χ1v) is 11.6. The van der Waals surface area contributed by atoms with Gasteiger partial charge in [-0.1, -0.05) is 60.1 Å². The van der Waals surface area contributed by atoms with Crippen LogP contribution >= 0.6 is 11.6 Å². The summed E-state index contributed by atoms with van der Waals surface area (Å²) in [6.45, 7) is 2.41. The topological polar surface area (TPSA) is 82.6 Å². The number of halogens is 1. The summed E-state index contributed by atoms with van der Waals surface area (Å²) in [5.74, 6) is -0.123. The van der Waals surface area contributed by atoms with Gasteiger partial charge in [0.2, 0.25) is 0 Å². The summed E-state index contributed by atoms with van der Waals surface area (Å²) in [4.78, 5) is 13.8. The SMILES string of the molecule is N#CC1=C(N)N(N2CCOCC2)C2=C(C(=O)C[C@@H](c3ccccc3)C2)[C@H]1c1ccccc1Cl. The third kappa shape index (κ3) is 3.83. The van der Waals surface area contributed by atoms with E-state index in [1.54, 1.807) is 6.07 Å². The zero-order chi connectivity index (χ0) is 22.9. The Morgan fingerprint density at radius 1 is 1.03 bits per heavy atom. The van der Waals surface area contributed by atoms with E-state index in [1.807, 2.05) is 41.4 Å². The number of carbonyl (C=O) groups excluding carboxylic acids is 1. The van der Waals surface area contributed by atoms with Crippen molar-refractivity contribution in [2.75, 3.05) is 26.3 Å². The van der Waals surface area contributed by atoms with Crippen molar-refractivity contribution >= 4 is 17.4 Å². The highest BCUT2D eigenvalue weighted by Crippen LogP contribution is 2.49. The van der Waals surface area contributed by atoms with Crippen molar-refractivity contribution in [3.8, 4) is 6.07 Å². The predicted molar refractivity (Wildman–Crippen MR) is 126 cm³/mol. The van der Waals surface area contributed by atoms with Crippen molar-refractivity contribution in [1.29, 1.82) is 5.26 Å². The summed E-state index contributed by atoms with van der Waals surface area (Å²) in [6.07, 6.45) is 1.04. The Bertz CT molecular complexity index is 1180. The smallest absolute Gasteiger partial charge is 0.162 e. The molecule has 1 saturated heterocycles. The van der Waals surface area contributed by atoms with Gasteiger partial charge in [-0.2, -0.15) is 5.26 Å². The summed E-state index contributed by atoms with van der Waals surface area (Å²) in [6, 6.07) is 19.8. The van der Waals surface area contributed by atoms with Crippen LogP contribution in [0.3, 0.4) is 0 Å². The Kier molecular flexibility index (Phi) is 5.94. The van der Waals surface area contributed by atoms with E-state index < -0.39 is 5.92 Å². The molecule has 1 fully saturated rings. The molecule has 2 heterocycles. The molecule has 2 aromatic carbocycles. The normalized spacial score (nSPS) is 24.0. The molecule has 0 bridgehead atoms. The van der Waals surface area contributed by atoms with Crippen molar-refractivity contribution < 1.29 is 9.53 Å². The lowest BCUT2D eigenvalue weighted by Gasteiger charge is -2.47. The van der Waals surface area contributed by atoms with Gasteiger partial charge in [-0.25, -0.2) is 5.01 Å². The van der Waals surface area contributed by atoms with E-state index in [2.05, 4.69) is 23.2 Å². The molecule has 2 aliphatic heterocycles. The van der Waals surface area contributed by atoms with Crippen molar-refractivity contribution in [2.24, 2.45) is 5.73 Å². The molecule has 0 spiro atoms. The molecule has 0 radical (unpaired) electrons. The lowest BCUT2D eigenvalue weighted by molar-refractivity contribution is -0.117. The van der Waals surface area contributed by atoms with Gasteiger partial charge in [0.25, 0.3) is 0 Å². The van der Waals surface area contributed by atoms with Gasteiger partial charge in [0.05, 0.1) is 30.8 Å². The van der Waals surface area contributed by atoms with Crippen LogP contribution in [0.4, 0.5) is 0 Å². The van der Waals surface area contributed by atoms with Gasteiger partial charge in [-0.15, -0.1) is 0 Å². The number of ether oxygens (including phenoxy) is 1. The van der Waals surface area contributed by atoms with E-state index in [4.69, 9.17) is 22.1 Å². The van der Waals surface area contributed by atoms with E-state index in [0.29, 0.717) is 61.1 Å². The first kappa shape index (κ1) is 21.7. The van der Waals surface area contributed by atoms with Crippen molar-refractivity contribution in [1.82, 2.24) is 10.0 Å². The molecule has 168 valence electrons. The van der Waals surface area contributed by atoms with Gasteiger partial charge in [0.15, 0.2) is 5.78 Å². The van der Waals surface area contributed by atoms with Crippen molar-refractivity contribution in [2.45, 2.75) is 24.7 Å². The van der Waals surface area contributed by atoms with E-state index in [1.165, 1.54) is 0 Å². The van der Waals surface area contributed by atoms with Crippen LogP contribution in [0.5, 0.6) is 0 Å². The third-order valence-electron chi connectivity index (χ3n) is 6.70.